The van der Waals surface area contributed by atoms with Crippen LogP contribution in [0, 0.1) is 34.5 Å². The maximum atomic E-state index is 13.2. The number of rotatable bonds is 8. The average Bonchev–Trinajstić information content (AvgIpc) is 3.08. The van der Waals surface area contributed by atoms with Gasteiger partial charge in [0, 0.05) is 17.2 Å². The predicted molar refractivity (Wildman–Crippen MR) is 133 cm³/mol. The van der Waals surface area contributed by atoms with E-state index in [2.05, 4.69) is 34.5 Å². The molecule has 2 N–H and O–H groups in total. The summed E-state index contributed by atoms with van der Waals surface area (Å²) in [5.41, 5.74) is -0.237. The van der Waals surface area contributed by atoms with Gasteiger partial charge in [0.2, 0.25) is 6.79 Å². The number of aliphatic hydroxyl groups is 1. The Kier molecular flexibility index (Phi) is 7.73. The summed E-state index contributed by atoms with van der Waals surface area (Å²) in [4.78, 5) is 36.0. The molecule has 3 fully saturated rings. The number of hydrogen-bond donors (Lipinski definition) is 2. The third-order valence-corrected chi connectivity index (χ3v) is 10.9. The lowest BCUT2D eigenvalue weighted by molar-refractivity contribution is -0.189. The van der Waals surface area contributed by atoms with Crippen molar-refractivity contribution in [2.45, 2.75) is 90.1 Å². The van der Waals surface area contributed by atoms with Crippen LogP contribution in [-0.2, 0) is 19.1 Å². The first-order chi connectivity index (χ1) is 16.6. The zero-order valence-electron chi connectivity index (χ0n) is 20.9. The predicted octanol–water partition coefficient (Wildman–Crippen LogP) is 5.63. The number of halogens is 1. The molecule has 4 rings (SSSR count). The van der Waals surface area contributed by atoms with Crippen molar-refractivity contribution in [3.8, 4) is 0 Å². The van der Waals surface area contributed by atoms with Crippen LogP contribution in [0.15, 0.2) is 11.6 Å². The largest absolute Gasteiger partial charge is 0.508 e. The van der Waals surface area contributed by atoms with Gasteiger partial charge in [0.05, 0.1) is 11.5 Å². The van der Waals surface area contributed by atoms with Gasteiger partial charge in [0.1, 0.15) is 0 Å². The molecule has 0 bridgehead atoms. The van der Waals surface area contributed by atoms with Gasteiger partial charge in [-0.15, -0.1) is 0 Å². The van der Waals surface area contributed by atoms with Crippen molar-refractivity contribution in [3.05, 3.63) is 11.6 Å². The van der Waals surface area contributed by atoms with Crippen molar-refractivity contribution in [1.82, 2.24) is 0 Å². The third kappa shape index (κ3) is 4.58. The smallest absolute Gasteiger partial charge is 0.450 e. The van der Waals surface area contributed by atoms with Crippen LogP contribution < -0.4 is 0 Å². The van der Waals surface area contributed by atoms with Crippen LogP contribution in [0.25, 0.3) is 0 Å². The molecule has 0 aliphatic heterocycles. The first kappa shape index (κ1) is 26.6. The van der Waals surface area contributed by atoms with Crippen LogP contribution in [0.3, 0.4) is 0 Å². The highest BCUT2D eigenvalue weighted by atomic mass is 79.9. The van der Waals surface area contributed by atoms with Crippen LogP contribution >= 0.6 is 15.9 Å². The molecule has 8 heteroatoms. The van der Waals surface area contributed by atoms with Crippen LogP contribution in [0.5, 0.6) is 0 Å². The van der Waals surface area contributed by atoms with Crippen LogP contribution in [-0.4, -0.2) is 45.8 Å². The molecule has 0 saturated heterocycles. The lowest BCUT2D eigenvalue weighted by atomic mass is 9.45. The second kappa shape index (κ2) is 10.2. The van der Waals surface area contributed by atoms with E-state index in [0.717, 1.165) is 56.7 Å². The number of alkyl halides is 1. The molecule has 0 heterocycles. The van der Waals surface area contributed by atoms with Crippen molar-refractivity contribution in [1.29, 1.82) is 0 Å². The summed E-state index contributed by atoms with van der Waals surface area (Å²) in [6.45, 7) is 3.85. The Morgan fingerprint density at radius 1 is 1.09 bits per heavy atom. The number of carbonyl (C=O) groups excluding carboxylic acids is 2. The van der Waals surface area contributed by atoms with Gasteiger partial charge >= 0.3 is 12.1 Å². The molecule has 4 aliphatic rings. The van der Waals surface area contributed by atoms with Crippen molar-refractivity contribution in [2.75, 3.05) is 12.1 Å². The second-order valence-corrected chi connectivity index (χ2v) is 12.4. The van der Waals surface area contributed by atoms with E-state index < -0.39 is 35.9 Å². The van der Waals surface area contributed by atoms with Gasteiger partial charge in [0.15, 0.2) is 5.78 Å². The number of ether oxygens (including phenoxy) is 2. The molecule has 35 heavy (non-hydrogen) atoms. The summed E-state index contributed by atoms with van der Waals surface area (Å²) in [5.74, 6) is 0.241. The molecule has 0 radical (unpaired) electrons. The highest BCUT2D eigenvalue weighted by molar-refractivity contribution is 9.09. The van der Waals surface area contributed by atoms with Gasteiger partial charge in [-0.2, -0.15) is 0 Å². The van der Waals surface area contributed by atoms with Crippen LogP contribution in [0.4, 0.5) is 4.79 Å². The van der Waals surface area contributed by atoms with E-state index >= 15 is 0 Å². The van der Waals surface area contributed by atoms with Gasteiger partial charge in [0.25, 0.3) is 0 Å². The molecule has 0 aromatic rings. The zero-order valence-corrected chi connectivity index (χ0v) is 22.5. The normalized spacial score (nSPS) is 39.0. The number of ketones is 1. The molecule has 196 valence electrons. The first-order valence-corrected chi connectivity index (χ1v) is 14.2. The maximum Gasteiger partial charge on any atom is 0.508 e. The minimum absolute atomic E-state index is 0.0568. The van der Waals surface area contributed by atoms with Crippen LogP contribution in [0.1, 0.15) is 84.5 Å². The average molecular weight is 556 g/mol. The van der Waals surface area contributed by atoms with Crippen molar-refractivity contribution in [2.24, 2.45) is 34.5 Å². The maximum absolute atomic E-state index is 13.2. The van der Waals surface area contributed by atoms with Gasteiger partial charge in [-0.3, -0.25) is 9.59 Å². The highest BCUT2D eigenvalue weighted by Crippen LogP contribution is 2.68. The Morgan fingerprint density at radius 2 is 1.83 bits per heavy atom. The van der Waals surface area contributed by atoms with Gasteiger partial charge < -0.3 is 19.7 Å². The van der Waals surface area contributed by atoms with Crippen molar-refractivity contribution >= 4 is 33.8 Å². The van der Waals surface area contributed by atoms with Gasteiger partial charge in [-0.1, -0.05) is 41.8 Å². The van der Waals surface area contributed by atoms with E-state index in [9.17, 15) is 19.5 Å². The van der Waals surface area contributed by atoms with Crippen molar-refractivity contribution < 1.29 is 34.1 Å². The summed E-state index contributed by atoms with van der Waals surface area (Å²) >= 11 is 3.44. The molecular formula is C27H39BrO7. The Labute approximate surface area is 216 Å². The Bertz CT molecular complexity index is 887. The number of carboxylic acid groups (broad SMARTS) is 1. The van der Waals surface area contributed by atoms with E-state index in [4.69, 9.17) is 9.84 Å². The number of esters is 1. The molecule has 0 spiro atoms. The molecule has 7 atom stereocenters. The Morgan fingerprint density at radius 3 is 2.54 bits per heavy atom. The lowest BCUT2D eigenvalue weighted by Crippen LogP contribution is -2.58. The second-order valence-electron chi connectivity index (χ2n) is 11.6. The van der Waals surface area contributed by atoms with E-state index in [1.165, 1.54) is 5.57 Å². The summed E-state index contributed by atoms with van der Waals surface area (Å²) in [5, 5.41) is 21.8. The molecule has 0 aromatic carbocycles. The van der Waals surface area contributed by atoms with Crippen LogP contribution in [0.2, 0.25) is 0 Å². The zero-order chi connectivity index (χ0) is 25.4. The number of carbonyl (C=O) groups is 3. The minimum atomic E-state index is -1.50. The van der Waals surface area contributed by atoms with E-state index in [0.29, 0.717) is 37.0 Å². The molecule has 4 unspecified atom stereocenters. The molecule has 0 amide bonds. The molecule has 7 nitrogen and oxygen atoms in total. The fourth-order valence-corrected chi connectivity index (χ4v) is 8.81. The summed E-state index contributed by atoms with van der Waals surface area (Å²) in [6, 6.07) is 0. The Balaban J connectivity index is 1.58. The SMILES string of the molecule is C[C@]12CCC(=O)C=C1CCC1C2CC[C@@]2(C)C1CC[C@]2(O)C(CCCCBr)C(=O)OCOC(=O)O. The number of allylic oxidation sites excluding steroid dienone is 1. The van der Waals surface area contributed by atoms with E-state index in [1.54, 1.807) is 0 Å². The van der Waals surface area contributed by atoms with Crippen molar-refractivity contribution in [3.63, 3.8) is 0 Å². The quantitative estimate of drug-likeness (QED) is 0.173. The van der Waals surface area contributed by atoms with Gasteiger partial charge in [-0.05, 0) is 87.0 Å². The molecule has 3 saturated carbocycles. The first-order valence-electron chi connectivity index (χ1n) is 13.1. The Hall–Kier alpha value is -1.41. The summed E-state index contributed by atoms with van der Waals surface area (Å²) in [6.07, 6.45) is 9.28. The summed E-state index contributed by atoms with van der Waals surface area (Å²) < 4.78 is 9.61. The molecular weight excluding hydrogens is 516 g/mol. The topological polar surface area (TPSA) is 110 Å². The van der Waals surface area contributed by atoms with E-state index in [1.807, 2.05) is 6.08 Å². The number of hydrogen-bond acceptors (Lipinski definition) is 6. The summed E-state index contributed by atoms with van der Waals surface area (Å²) in [7, 11) is 0. The number of fused-ring (bicyclic) bond motifs is 5. The van der Waals surface area contributed by atoms with E-state index in [-0.39, 0.29) is 11.2 Å². The number of unbranched alkanes of at least 4 members (excludes halogenated alkanes) is 1. The highest BCUT2D eigenvalue weighted by Gasteiger charge is 2.66. The van der Waals surface area contributed by atoms with Gasteiger partial charge in [-0.25, -0.2) is 4.79 Å². The standard InChI is InChI=1S/C27H39BrO7/c1-25-11-8-18(29)15-17(25)6-7-19-20(25)9-12-26(2)21(19)10-13-27(26,33)22(5-3-4-14-28)23(30)34-16-35-24(31)32/h15,19-22,33H,3-14,16H2,1-2H3,(H,31,32)/t19?,20?,21?,22?,25-,26-,27-/m0/s1. The fraction of sp³-hybridized carbons (Fsp3) is 0.815. The molecule has 4 aliphatic carbocycles. The monoisotopic (exact) mass is 554 g/mol. The lowest BCUT2D eigenvalue weighted by Gasteiger charge is -2.59. The fourth-order valence-electron chi connectivity index (χ4n) is 8.42. The third-order valence-electron chi connectivity index (χ3n) is 10.3. The molecule has 0 aromatic heterocycles. The minimum Gasteiger partial charge on any atom is -0.450 e.